The first-order chi connectivity index (χ1) is 13.0. The lowest BCUT2D eigenvalue weighted by atomic mass is 9.96. The molecule has 2 saturated heterocycles. The Labute approximate surface area is 169 Å². The topological polar surface area (TPSA) is 84.3 Å². The molecule has 4 rings (SSSR count). The Hall–Kier alpha value is -1.76. The number of fused-ring (bicyclic) bond motifs is 1. The average Bonchev–Trinajstić information content (AvgIpc) is 3.25. The molecule has 3 unspecified atom stereocenters. The second kappa shape index (κ2) is 7.00. The van der Waals surface area contributed by atoms with E-state index in [0.717, 1.165) is 20.9 Å². The van der Waals surface area contributed by atoms with Crippen LogP contribution in [0.15, 0.2) is 24.5 Å². The molecule has 6 nitrogen and oxygen atoms in total. The number of pyridine rings is 1. The lowest BCUT2D eigenvalue weighted by Crippen LogP contribution is -2.65. The van der Waals surface area contributed by atoms with Gasteiger partial charge in [-0.1, -0.05) is 17.5 Å². The molecule has 2 aliphatic rings. The van der Waals surface area contributed by atoms with Gasteiger partial charge in [0.25, 0.3) is 5.44 Å². The van der Waals surface area contributed by atoms with Crippen molar-refractivity contribution >= 4 is 40.3 Å². The molecule has 140 valence electrons. The van der Waals surface area contributed by atoms with Gasteiger partial charge in [-0.05, 0) is 19.1 Å². The number of nitrogens with one attached hydrogen (secondary N) is 2. The largest absolute Gasteiger partial charge is 0.591 e. The molecule has 0 bridgehead atoms. The molecule has 2 aromatic heterocycles. The Morgan fingerprint density at radius 1 is 1.52 bits per heavy atom. The van der Waals surface area contributed by atoms with E-state index in [0.29, 0.717) is 18.1 Å². The van der Waals surface area contributed by atoms with E-state index < -0.39 is 22.3 Å². The number of nitrogens with zero attached hydrogens (tertiary/aromatic N) is 2. The first-order valence-electron chi connectivity index (χ1n) is 8.27. The van der Waals surface area contributed by atoms with Crippen molar-refractivity contribution in [3.8, 4) is 22.3 Å². The maximum atomic E-state index is 12.8. The third-order valence-electron chi connectivity index (χ3n) is 4.66. The lowest BCUT2D eigenvalue weighted by Gasteiger charge is -2.42. The summed E-state index contributed by atoms with van der Waals surface area (Å²) in [6.07, 6.45) is 4.09. The minimum absolute atomic E-state index is 0.1000. The summed E-state index contributed by atoms with van der Waals surface area (Å²) in [5.41, 5.74) is 0.407. The summed E-state index contributed by atoms with van der Waals surface area (Å²) >= 11 is 6.64. The van der Waals surface area contributed by atoms with Crippen LogP contribution in [0.2, 0.25) is 5.02 Å². The first kappa shape index (κ1) is 18.6. The number of ether oxygens (including phenoxy) is 1. The minimum atomic E-state index is -1.47. The van der Waals surface area contributed by atoms with Crippen LogP contribution < -0.4 is 5.32 Å². The molecule has 27 heavy (non-hydrogen) atoms. The zero-order valence-corrected chi connectivity index (χ0v) is 17.1. The van der Waals surface area contributed by atoms with E-state index >= 15 is 0 Å². The van der Waals surface area contributed by atoms with Crippen molar-refractivity contribution in [2.45, 2.75) is 24.3 Å². The molecule has 0 saturated carbocycles. The molecular formula is C18H17ClN4O2S2. The minimum Gasteiger partial charge on any atom is -0.591 e. The number of guanidine groups is 1. The summed E-state index contributed by atoms with van der Waals surface area (Å²) in [5, 5.41) is 11.9. The molecule has 0 aromatic carbocycles. The van der Waals surface area contributed by atoms with Crippen LogP contribution in [-0.4, -0.2) is 38.9 Å². The van der Waals surface area contributed by atoms with Gasteiger partial charge in [-0.3, -0.25) is 10.4 Å². The quantitative estimate of drug-likeness (QED) is 0.576. The van der Waals surface area contributed by atoms with Gasteiger partial charge in [-0.15, -0.1) is 17.3 Å². The summed E-state index contributed by atoms with van der Waals surface area (Å²) in [5.74, 6) is 5.98. The Balaban J connectivity index is 1.78. The zero-order chi connectivity index (χ0) is 19.2. The number of thiophene rings is 1. The molecule has 0 amide bonds. The van der Waals surface area contributed by atoms with Gasteiger partial charge >= 0.3 is 0 Å². The Bertz CT molecular complexity index is 970. The van der Waals surface area contributed by atoms with Crippen molar-refractivity contribution in [1.82, 2.24) is 14.6 Å². The maximum Gasteiger partial charge on any atom is 0.269 e. The van der Waals surface area contributed by atoms with Crippen LogP contribution in [0.3, 0.4) is 0 Å². The highest BCUT2D eigenvalue weighted by Crippen LogP contribution is 2.49. The molecule has 9 heteroatoms. The van der Waals surface area contributed by atoms with Crippen molar-refractivity contribution in [1.29, 1.82) is 5.41 Å². The van der Waals surface area contributed by atoms with E-state index in [4.69, 9.17) is 21.7 Å². The summed E-state index contributed by atoms with van der Waals surface area (Å²) < 4.78 is 19.9. The fraction of sp³-hybridized carbons (Fsp3) is 0.333. The third kappa shape index (κ3) is 3.00. The summed E-state index contributed by atoms with van der Waals surface area (Å²) in [6.45, 7) is 2.24. The number of halogens is 1. The predicted octanol–water partition coefficient (Wildman–Crippen LogP) is 2.91. The van der Waals surface area contributed by atoms with Crippen LogP contribution in [-0.2, 0) is 21.6 Å². The Morgan fingerprint density at radius 3 is 3.11 bits per heavy atom. The monoisotopic (exact) mass is 420 g/mol. The zero-order valence-electron chi connectivity index (χ0n) is 14.7. The van der Waals surface area contributed by atoms with Gasteiger partial charge in [-0.25, -0.2) is 0 Å². The molecule has 0 radical (unpaired) electrons. The molecular weight excluding hydrogens is 404 g/mol. The highest BCUT2D eigenvalue weighted by atomic mass is 35.5. The predicted molar refractivity (Wildman–Crippen MR) is 108 cm³/mol. The number of aromatic nitrogens is 1. The molecule has 0 spiro atoms. The second-order valence-corrected chi connectivity index (χ2v) is 9.28. The SMILES string of the molecule is CC#Cc1cncc(-c2cc(Cl)c(C34CCOC3[S+]([O-])N(C)C(=N)N4)s2)c1. The van der Waals surface area contributed by atoms with Gasteiger partial charge in [-0.2, -0.15) is 4.31 Å². The van der Waals surface area contributed by atoms with E-state index in [1.165, 1.54) is 15.6 Å². The fourth-order valence-electron chi connectivity index (χ4n) is 3.34. The van der Waals surface area contributed by atoms with Crippen molar-refractivity contribution in [2.24, 2.45) is 0 Å². The fourth-order valence-corrected chi connectivity index (χ4v) is 6.46. The first-order valence-corrected chi connectivity index (χ1v) is 10.6. The molecule has 2 N–H and O–H groups in total. The van der Waals surface area contributed by atoms with Crippen LogP contribution in [0.1, 0.15) is 23.8 Å². The van der Waals surface area contributed by atoms with Crippen LogP contribution in [0, 0.1) is 17.3 Å². The van der Waals surface area contributed by atoms with Crippen molar-refractivity contribution in [3.63, 3.8) is 0 Å². The maximum absolute atomic E-state index is 12.8. The highest BCUT2D eigenvalue weighted by molar-refractivity contribution is 7.90. The van der Waals surface area contributed by atoms with Crippen LogP contribution in [0.4, 0.5) is 0 Å². The molecule has 2 aromatic rings. The molecule has 2 fully saturated rings. The normalized spacial score (nSPS) is 27.0. The average molecular weight is 421 g/mol. The van der Waals surface area contributed by atoms with Gasteiger partial charge in [0.1, 0.15) is 11.4 Å². The Morgan fingerprint density at radius 2 is 2.33 bits per heavy atom. The van der Waals surface area contributed by atoms with Crippen LogP contribution in [0.5, 0.6) is 0 Å². The third-order valence-corrected chi connectivity index (χ3v) is 8.06. The second-order valence-electron chi connectivity index (χ2n) is 6.30. The van der Waals surface area contributed by atoms with Gasteiger partial charge in [0.15, 0.2) is 5.54 Å². The van der Waals surface area contributed by atoms with Gasteiger partial charge < -0.3 is 14.6 Å². The van der Waals surface area contributed by atoms with Gasteiger partial charge in [0.05, 0.1) is 23.6 Å². The van der Waals surface area contributed by atoms with Gasteiger partial charge in [0, 0.05) is 34.8 Å². The molecule has 3 atom stereocenters. The number of hydrogen-bond acceptors (Lipinski definition) is 5. The molecule has 4 heterocycles. The number of hydrogen-bond donors (Lipinski definition) is 2. The smallest absolute Gasteiger partial charge is 0.269 e. The van der Waals surface area contributed by atoms with Gasteiger partial charge in [0.2, 0.25) is 5.96 Å². The van der Waals surface area contributed by atoms with E-state index in [-0.39, 0.29) is 5.96 Å². The van der Waals surface area contributed by atoms with Crippen LogP contribution >= 0.6 is 22.9 Å². The van der Waals surface area contributed by atoms with Crippen molar-refractivity contribution < 1.29 is 9.29 Å². The van der Waals surface area contributed by atoms with Crippen LogP contribution in [0.25, 0.3) is 10.4 Å². The standard InChI is InChI=1S/C18H17ClN4O2S2/c1-3-4-11-7-12(10-21-9-11)14-8-13(19)15(26-14)18-5-6-25-16(18)27(24)23(2)17(20)22-18/h7-10,16H,5-6H2,1-2H3,(H2,20,22). The van der Waals surface area contributed by atoms with E-state index in [2.05, 4.69) is 22.1 Å². The van der Waals surface area contributed by atoms with Crippen molar-refractivity contribution in [2.75, 3.05) is 13.7 Å². The van der Waals surface area contributed by atoms with E-state index in [1.54, 1.807) is 26.4 Å². The van der Waals surface area contributed by atoms with E-state index in [1.807, 2.05) is 12.1 Å². The lowest BCUT2D eigenvalue weighted by molar-refractivity contribution is 0.126. The Kier molecular flexibility index (Phi) is 4.82. The summed E-state index contributed by atoms with van der Waals surface area (Å²) in [7, 11) is 1.62. The molecule has 2 aliphatic heterocycles. The highest BCUT2D eigenvalue weighted by Gasteiger charge is 2.60. The summed E-state index contributed by atoms with van der Waals surface area (Å²) in [6, 6.07) is 3.86. The number of rotatable bonds is 2. The van der Waals surface area contributed by atoms with E-state index in [9.17, 15) is 4.55 Å². The van der Waals surface area contributed by atoms with Crippen molar-refractivity contribution in [3.05, 3.63) is 40.0 Å². The molecule has 0 aliphatic carbocycles. The summed E-state index contributed by atoms with van der Waals surface area (Å²) in [4.78, 5) is 6.04.